The number of ether oxygens (including phenoxy) is 1. The molecule has 0 amide bonds. The minimum atomic E-state index is 0.293. The molecule has 0 radical (unpaired) electrons. The van der Waals surface area contributed by atoms with E-state index in [9.17, 15) is 0 Å². The first-order chi connectivity index (χ1) is 26.4. The average Bonchev–Trinajstić information content (AvgIpc) is 3.20. The van der Waals surface area contributed by atoms with E-state index in [1.807, 2.05) is 7.05 Å². The van der Waals surface area contributed by atoms with Crippen LogP contribution in [0.1, 0.15) is 88.4 Å². The van der Waals surface area contributed by atoms with Gasteiger partial charge in [0, 0.05) is 36.4 Å². The van der Waals surface area contributed by atoms with Gasteiger partial charge in [-0.15, -0.1) is 0 Å². The summed E-state index contributed by atoms with van der Waals surface area (Å²) in [6, 6.07) is 35.7. The Kier molecular flexibility index (Phi) is 14.0. The summed E-state index contributed by atoms with van der Waals surface area (Å²) in [7, 11) is 8.60. The molecule has 2 N–H and O–H groups in total. The largest absolute Gasteiger partial charge is 0.381 e. The number of nitrogens with one attached hydrogen (secondary N) is 2. The van der Waals surface area contributed by atoms with Gasteiger partial charge in [0.05, 0.1) is 25.6 Å². The molecule has 5 nitrogen and oxygen atoms in total. The molecule has 4 aromatic rings. The lowest BCUT2D eigenvalue weighted by Crippen LogP contribution is -2.36. The van der Waals surface area contributed by atoms with Gasteiger partial charge in [-0.1, -0.05) is 98.1 Å². The summed E-state index contributed by atoms with van der Waals surface area (Å²) < 4.78 is 11.2. The second-order valence-electron chi connectivity index (χ2n) is 15.2. The highest BCUT2D eigenvalue weighted by Gasteiger charge is 2.36. The molecule has 282 valence electrons. The molecule has 0 saturated heterocycles. The predicted octanol–water partition coefficient (Wildman–Crippen LogP) is 8.36. The van der Waals surface area contributed by atoms with Crippen LogP contribution < -0.4 is 10.6 Å². The fourth-order valence-corrected chi connectivity index (χ4v) is 8.81. The number of hydrogen-bond acceptors (Lipinski definition) is 3. The number of rotatable bonds is 19. The van der Waals surface area contributed by atoms with Crippen molar-refractivity contribution in [3.05, 3.63) is 155 Å². The molecule has 2 aliphatic heterocycles. The maximum absolute atomic E-state index is 6.28. The van der Waals surface area contributed by atoms with Crippen molar-refractivity contribution in [2.24, 2.45) is 0 Å². The van der Waals surface area contributed by atoms with Gasteiger partial charge in [-0.2, -0.15) is 0 Å². The average molecular weight is 723 g/mol. The molecular weight excluding hydrogens is 661 g/mol. The molecule has 2 unspecified atom stereocenters. The van der Waals surface area contributed by atoms with Crippen LogP contribution in [-0.4, -0.2) is 88.2 Å². The minimum absolute atomic E-state index is 0.293. The van der Waals surface area contributed by atoms with Crippen LogP contribution in [0.2, 0.25) is 0 Å². The second kappa shape index (κ2) is 19.3. The van der Waals surface area contributed by atoms with Crippen LogP contribution >= 0.6 is 0 Å². The highest BCUT2D eigenvalue weighted by Crippen LogP contribution is 2.40. The summed E-state index contributed by atoms with van der Waals surface area (Å²) in [5.74, 6) is 0.634. The van der Waals surface area contributed by atoms with Gasteiger partial charge >= 0.3 is 0 Å². The highest BCUT2D eigenvalue weighted by molar-refractivity contribution is 5.99. The van der Waals surface area contributed by atoms with Gasteiger partial charge in [-0.25, -0.2) is 9.15 Å². The Morgan fingerprint density at radius 3 is 2.22 bits per heavy atom. The van der Waals surface area contributed by atoms with Crippen molar-refractivity contribution in [2.45, 2.75) is 56.8 Å². The molecule has 2 atom stereocenters. The van der Waals surface area contributed by atoms with Crippen molar-refractivity contribution in [1.82, 2.24) is 10.6 Å². The lowest BCUT2D eigenvalue weighted by Gasteiger charge is -2.32. The number of hydrogen-bond donors (Lipinski definition) is 2. The zero-order valence-corrected chi connectivity index (χ0v) is 33.3. The highest BCUT2D eigenvalue weighted by atomic mass is 16.5. The fourth-order valence-electron chi connectivity index (χ4n) is 8.81. The van der Waals surface area contributed by atoms with Crippen molar-refractivity contribution in [3.63, 3.8) is 0 Å². The van der Waals surface area contributed by atoms with E-state index in [0.29, 0.717) is 25.0 Å². The van der Waals surface area contributed by atoms with Crippen molar-refractivity contribution in [2.75, 3.05) is 67.6 Å². The molecule has 6 rings (SSSR count). The van der Waals surface area contributed by atoms with E-state index in [1.165, 1.54) is 61.5 Å². The summed E-state index contributed by atoms with van der Waals surface area (Å²) in [5.41, 5.74) is 16.2. The Morgan fingerprint density at radius 1 is 0.722 bits per heavy atom. The van der Waals surface area contributed by atoms with Gasteiger partial charge in [-0.3, -0.25) is 0 Å². The van der Waals surface area contributed by atoms with E-state index in [2.05, 4.69) is 151 Å². The number of nitrogens with zero attached hydrogens (tertiary/aromatic N) is 2. The third-order valence-corrected chi connectivity index (χ3v) is 11.7. The van der Waals surface area contributed by atoms with Gasteiger partial charge in [0.1, 0.15) is 27.2 Å². The molecule has 54 heavy (non-hydrogen) atoms. The van der Waals surface area contributed by atoms with Gasteiger partial charge < -0.3 is 15.4 Å². The third kappa shape index (κ3) is 9.26. The lowest BCUT2D eigenvalue weighted by molar-refractivity contribution is -0.504. The summed E-state index contributed by atoms with van der Waals surface area (Å²) in [6.07, 6.45) is 6.97. The standard InChI is InChI=1S/C49H62N4O/c1-36(40-19-9-7-17-38(40)26-30-50-3)16-15-25-48-45-24-14-13-23-44(45)47(35-53(48)6)46(34-51-4)43-22-12-11-20-41(43)37(2)28-32-54-33-29-49-42-21-10-8-18-39(42)27-31-52(49)5/h7-14,17-24,46-47,50-51H,1-2,15-16,25-35H2,3-6H3/q+2. The fraction of sp³-hybridized carbons (Fsp3) is 0.388. The molecular formula is C49H62N4O+2. The van der Waals surface area contributed by atoms with Gasteiger partial charge in [0.2, 0.25) is 0 Å². The maximum atomic E-state index is 6.28. The van der Waals surface area contributed by atoms with Crippen LogP contribution in [0.3, 0.4) is 0 Å². The van der Waals surface area contributed by atoms with Crippen molar-refractivity contribution in [1.29, 1.82) is 0 Å². The number of likely N-dealkylation sites (N-methyl/N-ethyl adjacent to an activating group) is 4. The number of allylic oxidation sites excluding steroid dienone is 1. The first-order valence-electron chi connectivity index (χ1n) is 20.1. The Labute approximate surface area is 325 Å². The quantitative estimate of drug-likeness (QED) is 0.0755. The monoisotopic (exact) mass is 722 g/mol. The van der Waals surface area contributed by atoms with E-state index < -0.39 is 0 Å². The molecule has 2 heterocycles. The minimum Gasteiger partial charge on any atom is -0.381 e. The van der Waals surface area contributed by atoms with Crippen molar-refractivity contribution >= 4 is 22.6 Å². The van der Waals surface area contributed by atoms with E-state index in [4.69, 9.17) is 4.74 Å². The maximum Gasteiger partial charge on any atom is 0.185 e. The molecule has 0 spiro atoms. The lowest BCUT2D eigenvalue weighted by atomic mass is 9.74. The van der Waals surface area contributed by atoms with Crippen molar-refractivity contribution in [3.8, 4) is 0 Å². The molecule has 0 saturated carbocycles. The van der Waals surface area contributed by atoms with Crippen LogP contribution in [0.5, 0.6) is 0 Å². The zero-order chi connectivity index (χ0) is 37.9. The summed E-state index contributed by atoms with van der Waals surface area (Å²) in [6.45, 7) is 14.5. The molecule has 0 aromatic heterocycles. The SMILES string of the molecule is C=C(CCCC1=[N+](C)CC(C(CNC)c2ccccc2C(=C)CCOCCC2=[N+](C)CCc3ccccc32)c2ccccc21)c1ccccc1CCNC. The number of fused-ring (bicyclic) bond motifs is 2. The number of benzene rings is 4. The van der Waals surface area contributed by atoms with E-state index in [0.717, 1.165) is 76.7 Å². The second-order valence-corrected chi connectivity index (χ2v) is 15.2. The van der Waals surface area contributed by atoms with Crippen molar-refractivity contribution < 1.29 is 13.9 Å². The zero-order valence-electron chi connectivity index (χ0n) is 33.3. The van der Waals surface area contributed by atoms with E-state index in [1.54, 1.807) is 0 Å². The first kappa shape index (κ1) is 39.3. The molecule has 4 aromatic carbocycles. The van der Waals surface area contributed by atoms with Gasteiger partial charge in [0.25, 0.3) is 0 Å². The predicted molar refractivity (Wildman–Crippen MR) is 229 cm³/mol. The van der Waals surface area contributed by atoms with E-state index >= 15 is 0 Å². The van der Waals surface area contributed by atoms with Crippen LogP contribution in [0.25, 0.3) is 11.1 Å². The Morgan fingerprint density at radius 2 is 1.41 bits per heavy atom. The van der Waals surface area contributed by atoms with Crippen LogP contribution in [0.15, 0.2) is 110 Å². The van der Waals surface area contributed by atoms with Crippen LogP contribution in [0, 0.1) is 0 Å². The molecule has 0 fully saturated rings. The van der Waals surface area contributed by atoms with Crippen LogP contribution in [0.4, 0.5) is 0 Å². The molecule has 2 aliphatic rings. The molecule has 0 aliphatic carbocycles. The first-order valence-corrected chi connectivity index (χ1v) is 20.1. The normalized spacial score (nSPS) is 15.9. The Bertz CT molecular complexity index is 1990. The van der Waals surface area contributed by atoms with Gasteiger partial charge in [0.15, 0.2) is 11.4 Å². The Balaban J connectivity index is 1.12. The summed E-state index contributed by atoms with van der Waals surface area (Å²) in [5, 5.41) is 6.86. The molecule has 5 heteroatoms. The third-order valence-electron chi connectivity index (χ3n) is 11.7. The Hall–Kier alpha value is -4.42. The van der Waals surface area contributed by atoms with E-state index in [-0.39, 0.29) is 0 Å². The van der Waals surface area contributed by atoms with Gasteiger partial charge in [-0.05, 0) is 103 Å². The summed E-state index contributed by atoms with van der Waals surface area (Å²) in [4.78, 5) is 0. The topological polar surface area (TPSA) is 39.3 Å². The molecule has 0 bridgehead atoms. The smallest absolute Gasteiger partial charge is 0.185 e. The van der Waals surface area contributed by atoms with Crippen LogP contribution in [-0.2, 0) is 17.6 Å². The summed E-state index contributed by atoms with van der Waals surface area (Å²) >= 11 is 0.